The van der Waals surface area contributed by atoms with Gasteiger partial charge in [0.1, 0.15) is 0 Å². The predicted octanol–water partition coefficient (Wildman–Crippen LogP) is 4.32. The summed E-state index contributed by atoms with van der Waals surface area (Å²) < 4.78 is 37.8. The Kier molecular flexibility index (Phi) is 3.95. The molecule has 2 rings (SSSR count). The summed E-state index contributed by atoms with van der Waals surface area (Å²) >= 11 is 0. The zero-order valence-corrected chi connectivity index (χ0v) is 10.1. The summed E-state index contributed by atoms with van der Waals surface area (Å²) in [5.74, 6) is 0.0993. The van der Waals surface area contributed by atoms with E-state index in [1.165, 1.54) is 6.07 Å². The van der Waals surface area contributed by atoms with Gasteiger partial charge in [-0.05, 0) is 36.5 Å². The van der Waals surface area contributed by atoms with Crippen LogP contribution in [0.5, 0.6) is 0 Å². The first-order chi connectivity index (χ1) is 8.48. The Balaban J connectivity index is 2.17. The van der Waals surface area contributed by atoms with E-state index in [1.54, 1.807) is 6.07 Å². The number of halogens is 3. The van der Waals surface area contributed by atoms with Crippen LogP contribution >= 0.6 is 0 Å². The molecule has 1 N–H and O–H groups in total. The lowest BCUT2D eigenvalue weighted by atomic mass is 9.82. The number of hydrogen-bond donors (Lipinski definition) is 1. The summed E-state index contributed by atoms with van der Waals surface area (Å²) in [5.41, 5.74) is -0.299. The molecule has 0 amide bonds. The Labute approximate surface area is 105 Å². The smallest absolute Gasteiger partial charge is 0.388 e. The Morgan fingerprint density at radius 2 is 1.78 bits per heavy atom. The average molecular weight is 258 g/mol. The van der Waals surface area contributed by atoms with Crippen LogP contribution in [0.15, 0.2) is 24.3 Å². The van der Waals surface area contributed by atoms with E-state index in [-0.39, 0.29) is 5.92 Å². The average Bonchev–Trinajstić information content (AvgIpc) is 2.38. The molecule has 1 aliphatic carbocycles. The number of aliphatic hydroxyl groups excluding tert-OH is 1. The Hall–Kier alpha value is -1.03. The van der Waals surface area contributed by atoms with Crippen molar-refractivity contribution >= 4 is 0 Å². The van der Waals surface area contributed by atoms with Crippen LogP contribution in [-0.2, 0) is 6.18 Å². The molecule has 1 aliphatic rings. The van der Waals surface area contributed by atoms with E-state index in [1.807, 2.05) is 0 Å². The van der Waals surface area contributed by atoms with E-state index < -0.39 is 17.8 Å². The standard InChI is InChI=1S/C14H17F3O/c15-14(16,17)12-8-4-7-11(9-12)13(18)10-5-2-1-3-6-10/h4,7-10,13,18H,1-3,5-6H2. The van der Waals surface area contributed by atoms with E-state index in [4.69, 9.17) is 0 Å². The zero-order chi connectivity index (χ0) is 13.2. The molecule has 1 aromatic carbocycles. The maximum Gasteiger partial charge on any atom is 0.416 e. The van der Waals surface area contributed by atoms with Gasteiger partial charge >= 0.3 is 6.18 Å². The minimum absolute atomic E-state index is 0.0993. The van der Waals surface area contributed by atoms with E-state index in [9.17, 15) is 18.3 Å². The van der Waals surface area contributed by atoms with Crippen LogP contribution in [-0.4, -0.2) is 5.11 Å². The van der Waals surface area contributed by atoms with Crippen molar-refractivity contribution < 1.29 is 18.3 Å². The van der Waals surface area contributed by atoms with Crippen molar-refractivity contribution in [2.75, 3.05) is 0 Å². The van der Waals surface area contributed by atoms with Gasteiger partial charge in [0.25, 0.3) is 0 Å². The Morgan fingerprint density at radius 1 is 1.11 bits per heavy atom. The van der Waals surface area contributed by atoms with Crippen LogP contribution in [0, 0.1) is 5.92 Å². The van der Waals surface area contributed by atoms with Gasteiger partial charge in [-0.3, -0.25) is 0 Å². The first-order valence-electron chi connectivity index (χ1n) is 6.34. The summed E-state index contributed by atoms with van der Waals surface area (Å²) in [5, 5.41) is 10.2. The highest BCUT2D eigenvalue weighted by molar-refractivity contribution is 5.27. The molecule has 1 saturated carbocycles. The Bertz CT molecular complexity index is 394. The minimum Gasteiger partial charge on any atom is -0.388 e. The molecule has 1 fully saturated rings. The monoisotopic (exact) mass is 258 g/mol. The highest BCUT2D eigenvalue weighted by atomic mass is 19.4. The third-order valence-corrected chi connectivity index (χ3v) is 3.65. The van der Waals surface area contributed by atoms with Crippen LogP contribution in [0.2, 0.25) is 0 Å². The molecule has 0 spiro atoms. The molecule has 1 nitrogen and oxygen atoms in total. The molecular weight excluding hydrogens is 241 g/mol. The molecule has 0 bridgehead atoms. The second kappa shape index (κ2) is 5.31. The van der Waals surface area contributed by atoms with Gasteiger partial charge in [-0.2, -0.15) is 13.2 Å². The number of rotatable bonds is 2. The molecule has 0 radical (unpaired) electrons. The summed E-state index contributed by atoms with van der Waals surface area (Å²) in [7, 11) is 0. The fourth-order valence-electron chi connectivity index (χ4n) is 2.62. The lowest BCUT2D eigenvalue weighted by Gasteiger charge is -2.27. The maximum absolute atomic E-state index is 12.6. The first-order valence-corrected chi connectivity index (χ1v) is 6.34. The van der Waals surface area contributed by atoms with Crippen LogP contribution in [0.3, 0.4) is 0 Å². The van der Waals surface area contributed by atoms with Gasteiger partial charge in [0, 0.05) is 0 Å². The van der Waals surface area contributed by atoms with Gasteiger partial charge in [0.2, 0.25) is 0 Å². The van der Waals surface area contributed by atoms with Gasteiger partial charge in [0.15, 0.2) is 0 Å². The summed E-state index contributed by atoms with van der Waals surface area (Å²) in [6.45, 7) is 0. The van der Waals surface area contributed by atoms with Crippen molar-refractivity contribution in [2.24, 2.45) is 5.92 Å². The van der Waals surface area contributed by atoms with Crippen molar-refractivity contribution in [3.8, 4) is 0 Å². The molecule has 0 aromatic heterocycles. The van der Waals surface area contributed by atoms with Crippen molar-refractivity contribution in [1.82, 2.24) is 0 Å². The molecular formula is C14H17F3O. The largest absolute Gasteiger partial charge is 0.416 e. The molecule has 1 aromatic rings. The van der Waals surface area contributed by atoms with E-state index >= 15 is 0 Å². The predicted molar refractivity (Wildman–Crippen MR) is 63.0 cm³/mol. The molecule has 1 atom stereocenters. The lowest BCUT2D eigenvalue weighted by Crippen LogP contribution is -2.16. The van der Waals surface area contributed by atoms with Gasteiger partial charge in [-0.1, -0.05) is 31.4 Å². The topological polar surface area (TPSA) is 20.2 Å². The second-order valence-electron chi connectivity index (χ2n) is 4.97. The number of aliphatic hydroxyl groups is 1. The SMILES string of the molecule is OC(c1cccc(C(F)(F)F)c1)C1CCCCC1. The summed E-state index contributed by atoms with van der Waals surface area (Å²) in [4.78, 5) is 0. The number of benzene rings is 1. The highest BCUT2D eigenvalue weighted by Crippen LogP contribution is 2.36. The highest BCUT2D eigenvalue weighted by Gasteiger charge is 2.31. The summed E-state index contributed by atoms with van der Waals surface area (Å²) in [6, 6.07) is 5.05. The molecule has 0 saturated heterocycles. The van der Waals surface area contributed by atoms with Gasteiger partial charge < -0.3 is 5.11 Å². The molecule has 0 aliphatic heterocycles. The fraction of sp³-hybridized carbons (Fsp3) is 0.571. The zero-order valence-electron chi connectivity index (χ0n) is 10.1. The second-order valence-corrected chi connectivity index (χ2v) is 4.97. The van der Waals surface area contributed by atoms with Gasteiger partial charge in [0.05, 0.1) is 11.7 Å². The third-order valence-electron chi connectivity index (χ3n) is 3.65. The van der Waals surface area contributed by atoms with Crippen molar-refractivity contribution in [3.63, 3.8) is 0 Å². The number of hydrogen-bond acceptors (Lipinski definition) is 1. The van der Waals surface area contributed by atoms with Gasteiger partial charge in [-0.15, -0.1) is 0 Å². The first kappa shape index (κ1) is 13.4. The van der Waals surface area contributed by atoms with E-state index in [0.717, 1.165) is 44.2 Å². The van der Waals surface area contributed by atoms with Crippen molar-refractivity contribution in [1.29, 1.82) is 0 Å². The third kappa shape index (κ3) is 3.05. The van der Waals surface area contributed by atoms with Crippen LogP contribution in [0.4, 0.5) is 13.2 Å². The minimum atomic E-state index is -4.34. The lowest BCUT2D eigenvalue weighted by molar-refractivity contribution is -0.137. The van der Waals surface area contributed by atoms with Gasteiger partial charge in [-0.25, -0.2) is 0 Å². The maximum atomic E-state index is 12.6. The van der Waals surface area contributed by atoms with Crippen molar-refractivity contribution in [3.05, 3.63) is 35.4 Å². The van der Waals surface area contributed by atoms with E-state index in [2.05, 4.69) is 0 Å². The van der Waals surface area contributed by atoms with Crippen LogP contribution in [0.25, 0.3) is 0 Å². The summed E-state index contributed by atoms with van der Waals surface area (Å²) in [6.07, 6.45) is -0.0442. The normalized spacial score (nSPS) is 19.8. The van der Waals surface area contributed by atoms with Crippen LogP contribution in [0.1, 0.15) is 49.3 Å². The molecule has 18 heavy (non-hydrogen) atoms. The Morgan fingerprint density at radius 3 is 2.39 bits per heavy atom. The quantitative estimate of drug-likeness (QED) is 0.837. The molecule has 100 valence electrons. The van der Waals surface area contributed by atoms with E-state index in [0.29, 0.717) is 5.56 Å². The number of alkyl halides is 3. The van der Waals surface area contributed by atoms with Crippen molar-refractivity contribution in [2.45, 2.75) is 44.4 Å². The fourth-order valence-corrected chi connectivity index (χ4v) is 2.62. The molecule has 4 heteroatoms. The van der Waals surface area contributed by atoms with Crippen LogP contribution < -0.4 is 0 Å². The molecule has 0 heterocycles. The molecule has 1 unspecified atom stereocenters.